The van der Waals surface area contributed by atoms with Gasteiger partial charge >= 0.3 is 0 Å². The van der Waals surface area contributed by atoms with E-state index in [9.17, 15) is 13.2 Å². The van der Waals surface area contributed by atoms with E-state index in [2.05, 4.69) is 20.6 Å². The molecule has 2 aromatic heterocycles. The monoisotopic (exact) mass is 339 g/mol. The Balaban J connectivity index is 1.61. The first kappa shape index (κ1) is 15.7. The maximum Gasteiger partial charge on any atom is 0.231 e. The Morgan fingerprint density at radius 1 is 1.43 bits per heavy atom. The van der Waals surface area contributed by atoms with Gasteiger partial charge in [0, 0.05) is 24.9 Å². The molecule has 1 N–H and O–H groups in total. The number of ether oxygens (including phenoxy) is 1. The fraction of sp³-hybridized carbons (Fsp3) is 0.538. The number of hydrogen-bond donors (Lipinski definition) is 1. The van der Waals surface area contributed by atoms with Crippen LogP contribution in [0.15, 0.2) is 12.1 Å². The highest BCUT2D eigenvalue weighted by atomic mass is 32.2. The number of nitrogens with one attached hydrogen (secondary N) is 1. The molecule has 1 amide bonds. The van der Waals surface area contributed by atoms with Gasteiger partial charge in [0.1, 0.15) is 0 Å². The number of fused-ring (bicyclic) bond motifs is 1. The van der Waals surface area contributed by atoms with Gasteiger partial charge in [-0.1, -0.05) is 0 Å². The van der Waals surface area contributed by atoms with Gasteiger partial charge in [-0.2, -0.15) is 4.52 Å². The molecule has 1 aliphatic rings. The SMILES string of the molecule is COc1ccc2nnc(CCC(=O)N[C@H]3CCS(=O)(=O)C3)n2n1. The highest BCUT2D eigenvalue weighted by Crippen LogP contribution is 2.12. The van der Waals surface area contributed by atoms with Gasteiger partial charge < -0.3 is 10.1 Å². The van der Waals surface area contributed by atoms with Gasteiger partial charge in [0.05, 0.1) is 18.6 Å². The van der Waals surface area contributed by atoms with Gasteiger partial charge in [0.2, 0.25) is 11.8 Å². The number of rotatable bonds is 5. The molecular formula is C13H17N5O4S. The molecule has 3 rings (SSSR count). The molecule has 9 nitrogen and oxygen atoms in total. The molecule has 1 fully saturated rings. The second-order valence-corrected chi connectivity index (χ2v) is 7.66. The van der Waals surface area contributed by atoms with Crippen molar-refractivity contribution in [2.24, 2.45) is 0 Å². The zero-order valence-corrected chi connectivity index (χ0v) is 13.4. The van der Waals surface area contributed by atoms with E-state index in [0.29, 0.717) is 30.2 Å². The third kappa shape index (κ3) is 3.58. The molecule has 0 aromatic carbocycles. The number of hydrogen-bond acceptors (Lipinski definition) is 7. The standard InChI is InChI=1S/C13H17N5O4S/c1-22-13-5-3-11-16-15-10(18(11)17-13)2-4-12(19)14-9-6-7-23(20,21)8-9/h3,5,9H,2,4,6-8H2,1H3,(H,14,19)/t9-/m0/s1. The summed E-state index contributed by atoms with van der Waals surface area (Å²) in [5, 5.41) is 15.0. The van der Waals surface area contributed by atoms with Crippen LogP contribution in [0.2, 0.25) is 0 Å². The fourth-order valence-corrected chi connectivity index (χ4v) is 4.19. The number of sulfone groups is 1. The van der Waals surface area contributed by atoms with E-state index in [1.54, 1.807) is 12.1 Å². The van der Waals surface area contributed by atoms with Gasteiger partial charge in [-0.25, -0.2) is 8.42 Å². The maximum absolute atomic E-state index is 12.0. The van der Waals surface area contributed by atoms with Crippen molar-refractivity contribution >= 4 is 21.4 Å². The van der Waals surface area contributed by atoms with Crippen LogP contribution in [0.25, 0.3) is 5.65 Å². The smallest absolute Gasteiger partial charge is 0.231 e. The summed E-state index contributed by atoms with van der Waals surface area (Å²) in [5.74, 6) is 0.931. The maximum atomic E-state index is 12.0. The molecule has 0 radical (unpaired) electrons. The zero-order chi connectivity index (χ0) is 16.4. The van der Waals surface area contributed by atoms with Crippen LogP contribution in [0, 0.1) is 0 Å². The lowest BCUT2D eigenvalue weighted by Gasteiger charge is -2.10. The molecule has 0 bridgehead atoms. The molecule has 1 aliphatic heterocycles. The number of carbonyl (C=O) groups excluding carboxylic acids is 1. The zero-order valence-electron chi connectivity index (χ0n) is 12.6. The molecule has 10 heteroatoms. The van der Waals surface area contributed by atoms with E-state index in [1.807, 2.05) is 0 Å². The molecule has 3 heterocycles. The van der Waals surface area contributed by atoms with Crippen LogP contribution in [0.5, 0.6) is 5.88 Å². The fourth-order valence-electron chi connectivity index (χ4n) is 2.52. The van der Waals surface area contributed by atoms with Crippen molar-refractivity contribution in [2.75, 3.05) is 18.6 Å². The normalized spacial score (nSPS) is 19.8. The molecular weight excluding hydrogens is 322 g/mol. The van der Waals surface area contributed by atoms with Crippen LogP contribution in [-0.2, 0) is 21.1 Å². The number of methoxy groups -OCH3 is 1. The van der Waals surface area contributed by atoms with Crippen molar-refractivity contribution in [3.63, 3.8) is 0 Å². The highest BCUT2D eigenvalue weighted by Gasteiger charge is 2.28. The van der Waals surface area contributed by atoms with Crippen molar-refractivity contribution in [1.29, 1.82) is 0 Å². The summed E-state index contributed by atoms with van der Waals surface area (Å²) in [5.41, 5.74) is 0.572. The molecule has 0 spiro atoms. The number of amides is 1. The number of aryl methyl sites for hydroxylation is 1. The first-order valence-electron chi connectivity index (χ1n) is 7.22. The Hall–Kier alpha value is -2.23. The first-order chi connectivity index (χ1) is 11.0. The minimum atomic E-state index is -3.00. The van der Waals surface area contributed by atoms with Crippen molar-refractivity contribution in [3.05, 3.63) is 18.0 Å². The van der Waals surface area contributed by atoms with Crippen molar-refractivity contribution < 1.29 is 17.9 Å². The lowest BCUT2D eigenvalue weighted by atomic mass is 10.2. The Morgan fingerprint density at radius 2 is 2.26 bits per heavy atom. The van der Waals surface area contributed by atoms with E-state index in [0.717, 1.165) is 0 Å². The lowest BCUT2D eigenvalue weighted by Crippen LogP contribution is -2.35. The second-order valence-electron chi connectivity index (χ2n) is 5.43. The van der Waals surface area contributed by atoms with Gasteiger partial charge in [0.15, 0.2) is 21.3 Å². The molecule has 0 aliphatic carbocycles. The van der Waals surface area contributed by atoms with Crippen LogP contribution in [0.4, 0.5) is 0 Å². The third-order valence-corrected chi connectivity index (χ3v) is 5.45. The minimum absolute atomic E-state index is 0.0192. The number of nitrogens with zero attached hydrogens (tertiary/aromatic N) is 4. The van der Waals surface area contributed by atoms with Crippen LogP contribution in [0.1, 0.15) is 18.7 Å². The quantitative estimate of drug-likeness (QED) is 0.771. The average molecular weight is 339 g/mol. The van der Waals surface area contributed by atoms with E-state index < -0.39 is 9.84 Å². The van der Waals surface area contributed by atoms with Gasteiger partial charge in [0.25, 0.3) is 0 Å². The Kier molecular flexibility index (Phi) is 4.16. The number of aromatic nitrogens is 4. The predicted octanol–water partition coefficient (Wildman–Crippen LogP) is -0.631. The Bertz CT molecular complexity index is 832. The van der Waals surface area contributed by atoms with Crippen LogP contribution < -0.4 is 10.1 Å². The minimum Gasteiger partial charge on any atom is -0.480 e. The van der Waals surface area contributed by atoms with Gasteiger partial charge in [-0.3, -0.25) is 4.79 Å². The van der Waals surface area contributed by atoms with Crippen LogP contribution >= 0.6 is 0 Å². The summed E-state index contributed by atoms with van der Waals surface area (Å²) < 4.78 is 29.4. The van der Waals surface area contributed by atoms with E-state index in [4.69, 9.17) is 4.74 Å². The van der Waals surface area contributed by atoms with Crippen LogP contribution in [-0.4, -0.2) is 58.8 Å². The third-order valence-electron chi connectivity index (χ3n) is 3.69. The average Bonchev–Trinajstić information content (AvgIpc) is 3.07. The lowest BCUT2D eigenvalue weighted by molar-refractivity contribution is -0.121. The van der Waals surface area contributed by atoms with Gasteiger partial charge in [-0.15, -0.1) is 15.3 Å². The molecule has 124 valence electrons. The van der Waals surface area contributed by atoms with Gasteiger partial charge in [-0.05, 0) is 12.5 Å². The van der Waals surface area contributed by atoms with Crippen LogP contribution in [0.3, 0.4) is 0 Å². The summed E-state index contributed by atoms with van der Waals surface area (Å²) in [4.78, 5) is 12.0. The van der Waals surface area contributed by atoms with Crippen molar-refractivity contribution in [3.8, 4) is 5.88 Å². The molecule has 0 unspecified atom stereocenters. The summed E-state index contributed by atoms with van der Waals surface area (Å²) in [6.07, 6.45) is 1.02. The second kappa shape index (κ2) is 6.11. The summed E-state index contributed by atoms with van der Waals surface area (Å²) >= 11 is 0. The summed E-state index contributed by atoms with van der Waals surface area (Å²) in [6.45, 7) is 0. The molecule has 2 aromatic rings. The van der Waals surface area contributed by atoms with Crippen molar-refractivity contribution in [1.82, 2.24) is 25.1 Å². The number of carbonyl (C=O) groups is 1. The first-order valence-corrected chi connectivity index (χ1v) is 9.04. The largest absolute Gasteiger partial charge is 0.480 e. The van der Waals surface area contributed by atoms with Crippen molar-refractivity contribution in [2.45, 2.75) is 25.3 Å². The van der Waals surface area contributed by atoms with E-state index in [1.165, 1.54) is 11.6 Å². The molecule has 23 heavy (non-hydrogen) atoms. The topological polar surface area (TPSA) is 116 Å². The predicted molar refractivity (Wildman–Crippen MR) is 80.9 cm³/mol. The Morgan fingerprint density at radius 3 is 2.96 bits per heavy atom. The van der Waals surface area contributed by atoms with E-state index >= 15 is 0 Å². The molecule has 1 saturated heterocycles. The Labute approximate surface area is 133 Å². The van der Waals surface area contributed by atoms with E-state index in [-0.39, 0.29) is 29.9 Å². The molecule has 0 saturated carbocycles. The summed E-state index contributed by atoms with van der Waals surface area (Å²) in [6, 6.07) is 3.12. The summed E-state index contributed by atoms with van der Waals surface area (Å²) in [7, 11) is -1.49. The molecule has 1 atom stereocenters. The highest BCUT2D eigenvalue weighted by molar-refractivity contribution is 7.91.